The molecule has 0 radical (unpaired) electrons. The third kappa shape index (κ3) is 2.63. The molecule has 1 unspecified atom stereocenters. The van der Waals surface area contributed by atoms with Gasteiger partial charge in [0.1, 0.15) is 0 Å². The van der Waals surface area contributed by atoms with Gasteiger partial charge in [-0.25, -0.2) is 4.79 Å². The highest BCUT2D eigenvalue weighted by Gasteiger charge is 2.28. The van der Waals surface area contributed by atoms with Crippen molar-refractivity contribution in [2.45, 2.75) is 25.7 Å². The van der Waals surface area contributed by atoms with E-state index in [0.29, 0.717) is 23.9 Å². The summed E-state index contributed by atoms with van der Waals surface area (Å²) in [7, 11) is 0. The fourth-order valence-corrected chi connectivity index (χ4v) is 2.36. The first-order chi connectivity index (χ1) is 9.72. The molecular weight excluding hydrogens is 260 g/mol. The molecule has 3 rings (SSSR count). The Hall–Kier alpha value is -2.38. The zero-order chi connectivity index (χ0) is 13.9. The van der Waals surface area contributed by atoms with Gasteiger partial charge in [0.15, 0.2) is 5.82 Å². The number of H-pyrrole nitrogens is 1. The highest BCUT2D eigenvalue weighted by molar-refractivity contribution is 5.89. The molecule has 0 aromatic carbocycles. The van der Waals surface area contributed by atoms with Crippen LogP contribution in [-0.2, 0) is 0 Å². The second-order valence-electron chi connectivity index (χ2n) is 4.88. The van der Waals surface area contributed by atoms with Crippen LogP contribution in [-0.4, -0.2) is 44.4 Å². The highest BCUT2D eigenvalue weighted by Crippen LogP contribution is 2.25. The van der Waals surface area contributed by atoms with Gasteiger partial charge in [-0.3, -0.25) is 5.10 Å². The number of carbonyl (C=O) groups is 1. The summed E-state index contributed by atoms with van der Waals surface area (Å²) in [6.07, 6.45) is 5.09. The Morgan fingerprint density at radius 3 is 3.20 bits per heavy atom. The maximum Gasteiger partial charge on any atom is 0.321 e. The lowest BCUT2D eigenvalue weighted by Crippen LogP contribution is -2.41. The molecule has 2 N–H and O–H groups in total. The number of aromatic nitrogens is 4. The van der Waals surface area contributed by atoms with Crippen LogP contribution in [0.1, 0.15) is 30.5 Å². The molecule has 20 heavy (non-hydrogen) atoms. The van der Waals surface area contributed by atoms with Crippen molar-refractivity contribution in [2.75, 3.05) is 18.4 Å². The molecule has 0 spiro atoms. The van der Waals surface area contributed by atoms with Gasteiger partial charge in [0.05, 0.1) is 17.8 Å². The highest BCUT2D eigenvalue weighted by atomic mass is 16.5. The average molecular weight is 276 g/mol. The molecule has 0 aliphatic carbocycles. The summed E-state index contributed by atoms with van der Waals surface area (Å²) < 4.78 is 5.20. The molecule has 106 valence electrons. The van der Waals surface area contributed by atoms with E-state index < -0.39 is 0 Å². The maximum absolute atomic E-state index is 12.2. The van der Waals surface area contributed by atoms with Crippen LogP contribution in [0.3, 0.4) is 0 Å². The zero-order valence-corrected chi connectivity index (χ0v) is 11.2. The van der Waals surface area contributed by atoms with E-state index in [9.17, 15) is 4.79 Å². The molecule has 0 bridgehead atoms. The average Bonchev–Trinajstić information content (AvgIpc) is 3.10. The van der Waals surface area contributed by atoms with Crippen LogP contribution in [0.15, 0.2) is 16.9 Å². The van der Waals surface area contributed by atoms with Crippen molar-refractivity contribution in [3.63, 3.8) is 0 Å². The molecule has 1 aliphatic heterocycles. The minimum absolute atomic E-state index is 0.111. The number of hydrogen-bond donors (Lipinski definition) is 2. The van der Waals surface area contributed by atoms with E-state index in [1.54, 1.807) is 24.2 Å². The van der Waals surface area contributed by atoms with Gasteiger partial charge < -0.3 is 14.7 Å². The van der Waals surface area contributed by atoms with Gasteiger partial charge in [0.2, 0.25) is 5.89 Å². The third-order valence-corrected chi connectivity index (χ3v) is 3.35. The summed E-state index contributed by atoms with van der Waals surface area (Å²) in [4.78, 5) is 18.2. The normalized spacial score (nSPS) is 19.1. The molecule has 1 aliphatic rings. The molecule has 1 fully saturated rings. The van der Waals surface area contributed by atoms with Gasteiger partial charge in [-0.15, -0.1) is 0 Å². The van der Waals surface area contributed by atoms with Crippen LogP contribution in [0.2, 0.25) is 0 Å². The Bertz CT molecular complexity index is 579. The van der Waals surface area contributed by atoms with Crippen molar-refractivity contribution in [1.29, 1.82) is 0 Å². The molecule has 1 saturated heterocycles. The van der Waals surface area contributed by atoms with Gasteiger partial charge in [0.25, 0.3) is 0 Å². The first-order valence-electron chi connectivity index (χ1n) is 6.57. The Kier molecular flexibility index (Phi) is 3.36. The number of aromatic amines is 1. The molecule has 2 amide bonds. The second-order valence-corrected chi connectivity index (χ2v) is 4.88. The van der Waals surface area contributed by atoms with Crippen LogP contribution in [0.5, 0.6) is 0 Å². The number of anilines is 1. The van der Waals surface area contributed by atoms with Crippen molar-refractivity contribution < 1.29 is 9.32 Å². The largest absolute Gasteiger partial charge is 0.339 e. The van der Waals surface area contributed by atoms with Gasteiger partial charge >= 0.3 is 6.03 Å². The summed E-state index contributed by atoms with van der Waals surface area (Å²) in [5.41, 5.74) is 0.658. The monoisotopic (exact) mass is 276 g/mol. The topological polar surface area (TPSA) is 99.9 Å². The van der Waals surface area contributed by atoms with Gasteiger partial charge in [-0.05, 0) is 19.8 Å². The number of nitrogens with one attached hydrogen (secondary N) is 2. The fourth-order valence-electron chi connectivity index (χ4n) is 2.36. The second kappa shape index (κ2) is 5.32. The Morgan fingerprint density at radius 1 is 1.60 bits per heavy atom. The summed E-state index contributed by atoms with van der Waals surface area (Å²) >= 11 is 0. The number of piperidine rings is 1. The van der Waals surface area contributed by atoms with Crippen molar-refractivity contribution in [3.05, 3.63) is 24.1 Å². The number of amides is 2. The summed E-state index contributed by atoms with van der Waals surface area (Å²) in [6, 6.07) is -0.132. The van der Waals surface area contributed by atoms with E-state index in [-0.39, 0.29) is 11.9 Å². The minimum atomic E-state index is -0.132. The van der Waals surface area contributed by atoms with Crippen molar-refractivity contribution >= 4 is 11.7 Å². The quantitative estimate of drug-likeness (QED) is 0.866. The van der Waals surface area contributed by atoms with Crippen LogP contribution in [0.4, 0.5) is 10.5 Å². The van der Waals surface area contributed by atoms with Crippen LogP contribution in [0.25, 0.3) is 0 Å². The SMILES string of the molecule is Cc1noc(C2CCCN(C(=O)Nc3cn[nH]c3)C2)n1. The van der Waals surface area contributed by atoms with Crippen LogP contribution in [0, 0.1) is 6.92 Å². The number of hydrogen-bond acceptors (Lipinski definition) is 5. The molecule has 2 aromatic heterocycles. The van der Waals surface area contributed by atoms with Crippen molar-refractivity contribution in [1.82, 2.24) is 25.2 Å². The molecular formula is C12H16N6O2. The van der Waals surface area contributed by atoms with Gasteiger partial charge in [-0.1, -0.05) is 5.16 Å². The van der Waals surface area contributed by atoms with Crippen molar-refractivity contribution in [2.24, 2.45) is 0 Å². The summed E-state index contributed by atoms with van der Waals surface area (Å²) in [6.45, 7) is 3.11. The van der Waals surface area contributed by atoms with E-state index in [1.807, 2.05) is 0 Å². The van der Waals surface area contributed by atoms with Gasteiger partial charge in [0, 0.05) is 19.3 Å². The number of urea groups is 1. The number of likely N-dealkylation sites (tertiary alicyclic amines) is 1. The maximum atomic E-state index is 12.2. The lowest BCUT2D eigenvalue weighted by atomic mass is 9.98. The number of rotatable bonds is 2. The number of nitrogens with zero attached hydrogens (tertiary/aromatic N) is 4. The van der Waals surface area contributed by atoms with Gasteiger partial charge in [-0.2, -0.15) is 10.1 Å². The smallest absolute Gasteiger partial charge is 0.321 e. The first kappa shape index (κ1) is 12.6. The molecule has 0 saturated carbocycles. The molecule has 2 aromatic rings. The predicted molar refractivity (Wildman–Crippen MR) is 70.2 cm³/mol. The lowest BCUT2D eigenvalue weighted by molar-refractivity contribution is 0.184. The molecule has 1 atom stereocenters. The standard InChI is InChI=1S/C12H16N6O2/c1-8-15-11(20-17-8)9-3-2-4-18(7-9)12(19)16-10-5-13-14-6-10/h5-6,9H,2-4,7H2,1H3,(H,13,14)(H,16,19). The van der Waals surface area contributed by atoms with E-state index in [1.165, 1.54) is 0 Å². The Morgan fingerprint density at radius 2 is 2.50 bits per heavy atom. The fraction of sp³-hybridized carbons (Fsp3) is 0.500. The lowest BCUT2D eigenvalue weighted by Gasteiger charge is -2.30. The predicted octanol–water partition coefficient (Wildman–Crippen LogP) is 1.51. The van der Waals surface area contributed by atoms with E-state index >= 15 is 0 Å². The van der Waals surface area contributed by atoms with Crippen LogP contribution >= 0.6 is 0 Å². The third-order valence-electron chi connectivity index (χ3n) is 3.35. The van der Waals surface area contributed by atoms with E-state index in [4.69, 9.17) is 4.52 Å². The Labute approximate surface area is 115 Å². The first-order valence-corrected chi connectivity index (χ1v) is 6.57. The summed E-state index contributed by atoms with van der Waals surface area (Å²) in [5.74, 6) is 1.35. The number of aryl methyl sites for hydroxylation is 1. The minimum Gasteiger partial charge on any atom is -0.339 e. The Balaban J connectivity index is 1.64. The molecule has 8 heteroatoms. The summed E-state index contributed by atoms with van der Waals surface area (Å²) in [5, 5.41) is 13.1. The number of carbonyl (C=O) groups excluding carboxylic acids is 1. The molecule has 3 heterocycles. The van der Waals surface area contributed by atoms with Crippen LogP contribution < -0.4 is 5.32 Å². The van der Waals surface area contributed by atoms with Crippen molar-refractivity contribution in [3.8, 4) is 0 Å². The molecule has 8 nitrogen and oxygen atoms in total. The van der Waals surface area contributed by atoms with E-state index in [0.717, 1.165) is 19.4 Å². The zero-order valence-electron chi connectivity index (χ0n) is 11.2. The van der Waals surface area contributed by atoms with E-state index in [2.05, 4.69) is 25.7 Å².